The van der Waals surface area contributed by atoms with Gasteiger partial charge < -0.3 is 20.1 Å². The minimum absolute atomic E-state index is 0.800. The van der Waals surface area contributed by atoms with Crippen LogP contribution >= 0.6 is 0 Å². The van der Waals surface area contributed by atoms with Crippen molar-refractivity contribution in [2.24, 2.45) is 0 Å². The Morgan fingerprint density at radius 1 is 0.477 bits per heavy atom. The molecule has 0 saturated heterocycles. The van der Waals surface area contributed by atoms with Crippen molar-refractivity contribution in [3.05, 3.63) is 108 Å². The molecular weight excluding hydrogens is 540 g/mol. The van der Waals surface area contributed by atoms with Gasteiger partial charge in [0.15, 0.2) is 0 Å². The maximum atomic E-state index is 5.85. The minimum Gasteiger partial charge on any atom is -0.494 e. The summed E-state index contributed by atoms with van der Waals surface area (Å²) < 4.78 is 11.7. The van der Waals surface area contributed by atoms with Gasteiger partial charge in [-0.2, -0.15) is 0 Å². The van der Waals surface area contributed by atoms with E-state index in [2.05, 4.69) is 111 Å². The van der Waals surface area contributed by atoms with Gasteiger partial charge in [-0.05, 0) is 80.3 Å². The molecule has 0 amide bonds. The summed E-state index contributed by atoms with van der Waals surface area (Å²) in [4.78, 5) is 0. The molecule has 4 rings (SSSR count). The topological polar surface area (TPSA) is 42.5 Å². The predicted molar refractivity (Wildman–Crippen MR) is 190 cm³/mol. The van der Waals surface area contributed by atoms with Gasteiger partial charge in [-0.3, -0.25) is 0 Å². The summed E-state index contributed by atoms with van der Waals surface area (Å²) >= 11 is 0. The van der Waals surface area contributed by atoms with E-state index < -0.39 is 0 Å². The molecule has 44 heavy (non-hydrogen) atoms. The van der Waals surface area contributed by atoms with Crippen LogP contribution in [0.3, 0.4) is 0 Å². The molecule has 0 unspecified atom stereocenters. The predicted octanol–water partition coefficient (Wildman–Crippen LogP) is 12.0. The van der Waals surface area contributed by atoms with Crippen LogP contribution in [0.25, 0.3) is 0 Å². The minimum atomic E-state index is 0.800. The molecule has 2 N–H and O–H groups in total. The molecule has 0 fully saturated rings. The number of unbranched alkanes of at least 4 members (excludes halogenated alkanes) is 6. The van der Waals surface area contributed by atoms with E-state index in [0.717, 1.165) is 66.7 Å². The number of aryl methyl sites for hydroxylation is 2. The second-order valence-electron chi connectivity index (χ2n) is 11.4. The molecule has 0 radical (unpaired) electrons. The lowest BCUT2D eigenvalue weighted by Crippen LogP contribution is -1.98. The van der Waals surface area contributed by atoms with E-state index in [9.17, 15) is 0 Å². The number of nitrogens with one attached hydrogen (secondary N) is 2. The van der Waals surface area contributed by atoms with Crippen molar-refractivity contribution < 1.29 is 9.47 Å². The zero-order valence-electron chi connectivity index (χ0n) is 27.5. The summed E-state index contributed by atoms with van der Waals surface area (Å²) in [6, 6.07) is 33.4. The molecule has 236 valence electrons. The fourth-order valence-corrected chi connectivity index (χ4v) is 4.83. The highest BCUT2D eigenvalue weighted by Gasteiger charge is 2.01. The zero-order valence-corrected chi connectivity index (χ0v) is 27.5. The molecule has 4 heteroatoms. The van der Waals surface area contributed by atoms with Crippen LogP contribution in [-0.2, 0) is 6.42 Å². The van der Waals surface area contributed by atoms with Crippen molar-refractivity contribution in [3.63, 3.8) is 0 Å². The summed E-state index contributed by atoms with van der Waals surface area (Å²) in [6.07, 6.45) is 12.1. The Kier molecular flexibility index (Phi) is 16.4. The second-order valence-corrected chi connectivity index (χ2v) is 11.4. The van der Waals surface area contributed by atoms with Gasteiger partial charge in [-0.15, -0.1) is 0 Å². The van der Waals surface area contributed by atoms with Crippen LogP contribution in [0.1, 0.15) is 89.7 Å². The third kappa shape index (κ3) is 14.0. The van der Waals surface area contributed by atoms with E-state index in [-0.39, 0.29) is 0 Å². The fourth-order valence-electron chi connectivity index (χ4n) is 4.83. The molecule has 0 spiro atoms. The first-order chi connectivity index (χ1) is 21.6. The van der Waals surface area contributed by atoms with Gasteiger partial charge >= 0.3 is 0 Å². The summed E-state index contributed by atoms with van der Waals surface area (Å²) in [7, 11) is 0. The van der Waals surface area contributed by atoms with Crippen molar-refractivity contribution in [1.82, 2.24) is 0 Å². The van der Waals surface area contributed by atoms with Gasteiger partial charge in [-0.1, -0.05) is 108 Å². The van der Waals surface area contributed by atoms with Crippen LogP contribution in [0.15, 0.2) is 97.1 Å². The molecule has 0 heterocycles. The lowest BCUT2D eigenvalue weighted by Gasteiger charge is -2.11. The van der Waals surface area contributed by atoms with Crippen LogP contribution in [0.2, 0.25) is 0 Å². The number of hydrogen-bond donors (Lipinski definition) is 2. The molecule has 0 atom stereocenters. The molecule has 0 saturated carbocycles. The second kappa shape index (κ2) is 20.9. The van der Waals surface area contributed by atoms with Gasteiger partial charge in [0.1, 0.15) is 11.5 Å². The third-order valence-electron chi connectivity index (χ3n) is 7.30. The first-order valence-corrected chi connectivity index (χ1v) is 16.7. The summed E-state index contributed by atoms with van der Waals surface area (Å²) in [5.41, 5.74) is 7.01. The summed E-state index contributed by atoms with van der Waals surface area (Å²) in [5, 5.41) is 6.88. The van der Waals surface area contributed by atoms with E-state index in [1.54, 1.807) is 0 Å². The third-order valence-corrected chi connectivity index (χ3v) is 7.30. The molecule has 0 bridgehead atoms. The highest BCUT2D eigenvalue weighted by atomic mass is 16.5. The van der Waals surface area contributed by atoms with Gasteiger partial charge in [0.25, 0.3) is 0 Å². The van der Waals surface area contributed by atoms with E-state index in [4.69, 9.17) is 9.47 Å². The summed E-state index contributed by atoms with van der Waals surface area (Å²) in [6.45, 7) is 10.4. The van der Waals surface area contributed by atoms with Crippen LogP contribution in [0, 0.1) is 6.92 Å². The molecule has 4 aromatic rings. The van der Waals surface area contributed by atoms with Gasteiger partial charge in [0.05, 0.1) is 13.2 Å². The first-order valence-electron chi connectivity index (χ1n) is 16.7. The Hall–Kier alpha value is -3.92. The number of rotatable bonds is 18. The van der Waals surface area contributed by atoms with E-state index in [1.165, 1.54) is 56.1 Å². The molecule has 0 aliphatic rings. The lowest BCUT2D eigenvalue weighted by atomic mass is 10.1. The fraction of sp³-hybridized carbons (Fsp3) is 0.400. The Labute approximate surface area is 267 Å². The molecule has 0 aliphatic heterocycles. The molecule has 0 aromatic heterocycles. The maximum Gasteiger partial charge on any atom is 0.121 e. The number of ether oxygens (including phenoxy) is 2. The molecule has 0 aliphatic carbocycles. The lowest BCUT2D eigenvalue weighted by molar-refractivity contribution is 0.305. The Morgan fingerprint density at radius 3 is 1.50 bits per heavy atom. The van der Waals surface area contributed by atoms with Crippen LogP contribution in [0.4, 0.5) is 22.7 Å². The van der Waals surface area contributed by atoms with Crippen LogP contribution in [-0.4, -0.2) is 13.2 Å². The van der Waals surface area contributed by atoms with Gasteiger partial charge in [0.2, 0.25) is 0 Å². The van der Waals surface area contributed by atoms with Crippen molar-refractivity contribution in [2.75, 3.05) is 23.8 Å². The van der Waals surface area contributed by atoms with Crippen LogP contribution in [0.5, 0.6) is 11.5 Å². The Bertz CT molecular complexity index is 1320. The van der Waals surface area contributed by atoms with Gasteiger partial charge in [0, 0.05) is 34.9 Å². The highest BCUT2D eigenvalue weighted by molar-refractivity contribution is 5.62. The van der Waals surface area contributed by atoms with E-state index >= 15 is 0 Å². The SMILES string of the molecule is CCCCCCOc1cccc(Nc2ccc(C)cc2)c1.CCCCCCOc1cccc(Nc2cccc(CCC)c2)c1. The quantitative estimate of drug-likeness (QED) is 0.112. The molecule has 4 aromatic carbocycles. The van der Waals surface area contributed by atoms with Crippen LogP contribution < -0.4 is 20.1 Å². The first kappa shape index (κ1) is 34.6. The Balaban J connectivity index is 0.000000241. The highest BCUT2D eigenvalue weighted by Crippen LogP contribution is 2.24. The summed E-state index contributed by atoms with van der Waals surface area (Å²) in [5.74, 6) is 1.87. The van der Waals surface area contributed by atoms with Crippen molar-refractivity contribution in [3.8, 4) is 11.5 Å². The largest absolute Gasteiger partial charge is 0.494 e. The number of hydrogen-bond acceptors (Lipinski definition) is 4. The Morgan fingerprint density at radius 2 is 0.977 bits per heavy atom. The standard InChI is InChI=1S/C21H29NO.C19H25NO/c1-3-5-6-7-15-23-21-14-9-13-20(17-21)22-19-12-8-11-18(16-19)10-4-2;1-3-4-5-6-14-21-19-9-7-8-18(15-19)20-17-12-10-16(2)11-13-17/h8-9,11-14,16-17,22H,3-7,10,15H2,1-2H3;7-13,15,20H,3-6,14H2,1-2H3. The molecule has 4 nitrogen and oxygen atoms in total. The van der Waals surface area contributed by atoms with E-state index in [0.29, 0.717) is 0 Å². The normalized spacial score (nSPS) is 10.5. The van der Waals surface area contributed by atoms with Crippen molar-refractivity contribution in [1.29, 1.82) is 0 Å². The zero-order chi connectivity index (χ0) is 31.2. The average Bonchev–Trinajstić information content (AvgIpc) is 3.03. The number of anilines is 4. The maximum absolute atomic E-state index is 5.85. The average molecular weight is 595 g/mol. The molecular formula is C40H54N2O2. The monoisotopic (exact) mass is 594 g/mol. The van der Waals surface area contributed by atoms with Crippen molar-refractivity contribution in [2.45, 2.75) is 91.9 Å². The van der Waals surface area contributed by atoms with E-state index in [1.807, 2.05) is 24.3 Å². The van der Waals surface area contributed by atoms with Gasteiger partial charge in [-0.25, -0.2) is 0 Å². The number of benzene rings is 4. The smallest absolute Gasteiger partial charge is 0.121 e. The van der Waals surface area contributed by atoms with Crippen molar-refractivity contribution >= 4 is 22.7 Å².